The molecule has 3 rings (SSSR count). The van der Waals surface area contributed by atoms with Gasteiger partial charge < -0.3 is 0 Å². The van der Waals surface area contributed by atoms with Crippen molar-refractivity contribution in [1.29, 1.82) is 0 Å². The second kappa shape index (κ2) is 5.86. The van der Waals surface area contributed by atoms with Crippen LogP contribution in [0, 0.1) is 13.8 Å². The van der Waals surface area contributed by atoms with Gasteiger partial charge in [0.1, 0.15) is 0 Å². The Kier molecular flexibility index (Phi) is 3.93. The van der Waals surface area contributed by atoms with Gasteiger partial charge in [-0.15, -0.1) is 0 Å². The minimum absolute atomic E-state index is 0.311. The average Bonchev–Trinajstić information content (AvgIpc) is 2.80. The van der Waals surface area contributed by atoms with Gasteiger partial charge in [0.25, 0.3) is 0 Å². The molecule has 0 spiro atoms. The van der Waals surface area contributed by atoms with E-state index in [0.717, 1.165) is 6.42 Å². The maximum Gasteiger partial charge on any atom is 0.0832 e. The van der Waals surface area contributed by atoms with Gasteiger partial charge in [-0.25, -0.2) is 0 Å². The van der Waals surface area contributed by atoms with E-state index in [1.54, 1.807) is 10.4 Å². The molecule has 1 aliphatic rings. The summed E-state index contributed by atoms with van der Waals surface area (Å²) < 4.78 is 0. The molecule has 0 atom stereocenters. The van der Waals surface area contributed by atoms with Crippen LogP contribution in [0.25, 0.3) is 5.57 Å². The van der Waals surface area contributed by atoms with Crippen molar-refractivity contribution < 1.29 is 0 Å². The number of hydrogen-bond donors (Lipinski definition) is 0. The number of rotatable bonds is 3. The summed E-state index contributed by atoms with van der Waals surface area (Å²) in [5.41, 5.74) is 7.08. The van der Waals surface area contributed by atoms with E-state index in [9.17, 15) is 0 Å². The zero-order valence-electron chi connectivity index (χ0n) is 13.1. The second-order valence-corrected chi connectivity index (χ2v) is 8.11. The highest BCUT2D eigenvalue weighted by Crippen LogP contribution is 2.33. The van der Waals surface area contributed by atoms with Gasteiger partial charge in [0, 0.05) is 0 Å². The number of allylic oxidation sites excluding steroid dienone is 4. The fourth-order valence-electron chi connectivity index (χ4n) is 3.23. The first-order valence-electron chi connectivity index (χ1n) is 7.65. The molecule has 0 saturated carbocycles. The second-order valence-electron chi connectivity index (χ2n) is 6.09. The Hall–Kier alpha value is -1.86. The number of benzene rings is 2. The molecule has 0 heterocycles. The van der Waals surface area contributed by atoms with Crippen LogP contribution in [0.5, 0.6) is 0 Å². The number of hydrogen-bond acceptors (Lipinski definition) is 0. The standard InChI is InChI=1S/C20H22Si/c1-14-11-15(2)13-17(12-14)19-9-10-20(16(19)3)21-18-7-5-4-6-8-18/h4-9,11-13H,10,21H2,1-3H3. The Balaban J connectivity index is 1.89. The molecule has 0 amide bonds. The summed E-state index contributed by atoms with van der Waals surface area (Å²) in [6, 6.07) is 17.9. The van der Waals surface area contributed by atoms with Gasteiger partial charge in [-0.3, -0.25) is 0 Å². The first-order chi connectivity index (χ1) is 10.1. The number of aryl methyl sites for hydroxylation is 2. The summed E-state index contributed by atoms with van der Waals surface area (Å²) in [5.74, 6) is 0. The minimum atomic E-state index is -0.311. The predicted octanol–water partition coefficient (Wildman–Crippen LogP) is 3.86. The lowest BCUT2D eigenvalue weighted by atomic mass is 9.98. The van der Waals surface area contributed by atoms with Gasteiger partial charge in [0.05, 0.1) is 9.52 Å². The van der Waals surface area contributed by atoms with Crippen LogP contribution in [-0.2, 0) is 0 Å². The van der Waals surface area contributed by atoms with Crippen molar-refractivity contribution in [3.63, 3.8) is 0 Å². The molecule has 0 aliphatic heterocycles. The van der Waals surface area contributed by atoms with Crippen LogP contribution in [0.1, 0.15) is 30.0 Å². The van der Waals surface area contributed by atoms with Gasteiger partial charge in [-0.05, 0) is 43.9 Å². The van der Waals surface area contributed by atoms with Crippen LogP contribution >= 0.6 is 0 Å². The third kappa shape index (κ3) is 3.08. The van der Waals surface area contributed by atoms with E-state index >= 15 is 0 Å². The molecule has 1 heteroatoms. The van der Waals surface area contributed by atoms with Crippen LogP contribution in [0.15, 0.2) is 65.4 Å². The zero-order chi connectivity index (χ0) is 14.8. The molecular weight excluding hydrogens is 268 g/mol. The maximum absolute atomic E-state index is 2.43. The van der Waals surface area contributed by atoms with E-state index < -0.39 is 0 Å². The Bertz CT molecular complexity index is 701. The molecule has 0 unspecified atom stereocenters. The molecule has 106 valence electrons. The van der Waals surface area contributed by atoms with Crippen LogP contribution in [0.4, 0.5) is 0 Å². The van der Waals surface area contributed by atoms with Gasteiger partial charge in [0.2, 0.25) is 0 Å². The van der Waals surface area contributed by atoms with Gasteiger partial charge in [-0.2, -0.15) is 0 Å². The molecule has 0 fully saturated rings. The summed E-state index contributed by atoms with van der Waals surface area (Å²) >= 11 is 0. The Morgan fingerprint density at radius 3 is 2.19 bits per heavy atom. The highest BCUT2D eigenvalue weighted by atomic mass is 28.2. The fraction of sp³-hybridized carbons (Fsp3) is 0.200. The van der Waals surface area contributed by atoms with Crippen LogP contribution in [0.2, 0.25) is 0 Å². The van der Waals surface area contributed by atoms with Crippen LogP contribution in [0.3, 0.4) is 0 Å². The van der Waals surface area contributed by atoms with Crippen molar-refractivity contribution in [2.75, 3.05) is 0 Å². The topological polar surface area (TPSA) is 0 Å². The van der Waals surface area contributed by atoms with Gasteiger partial charge in [-0.1, -0.05) is 76.1 Å². The van der Waals surface area contributed by atoms with E-state index in [4.69, 9.17) is 0 Å². The third-order valence-corrected chi connectivity index (χ3v) is 6.41. The average molecular weight is 290 g/mol. The first kappa shape index (κ1) is 14.1. The normalized spacial score (nSPS) is 15.1. The summed E-state index contributed by atoms with van der Waals surface area (Å²) in [4.78, 5) is 0. The molecule has 0 N–H and O–H groups in total. The quantitative estimate of drug-likeness (QED) is 0.753. The van der Waals surface area contributed by atoms with E-state index in [-0.39, 0.29) is 9.52 Å². The molecule has 0 radical (unpaired) electrons. The van der Waals surface area contributed by atoms with Crippen molar-refractivity contribution in [3.05, 3.63) is 82.1 Å². The lowest BCUT2D eigenvalue weighted by Crippen LogP contribution is -2.15. The van der Waals surface area contributed by atoms with Crippen molar-refractivity contribution in [2.45, 2.75) is 27.2 Å². The molecule has 21 heavy (non-hydrogen) atoms. The summed E-state index contributed by atoms with van der Waals surface area (Å²) in [5, 5.41) is 3.23. The lowest BCUT2D eigenvalue weighted by Gasteiger charge is -2.10. The molecule has 0 bridgehead atoms. The highest BCUT2D eigenvalue weighted by Gasteiger charge is 2.16. The van der Waals surface area contributed by atoms with Crippen molar-refractivity contribution in [2.24, 2.45) is 0 Å². The molecule has 1 aliphatic carbocycles. The Labute approximate surface area is 130 Å². The van der Waals surface area contributed by atoms with Crippen LogP contribution in [-0.4, -0.2) is 9.52 Å². The SMILES string of the molecule is CC1=C([SiH2]c2ccccc2)CC=C1c1cc(C)cc(C)c1. The van der Waals surface area contributed by atoms with E-state index in [1.807, 2.05) is 0 Å². The van der Waals surface area contributed by atoms with E-state index in [0.29, 0.717) is 0 Å². The summed E-state index contributed by atoms with van der Waals surface area (Å²) in [6.45, 7) is 6.68. The summed E-state index contributed by atoms with van der Waals surface area (Å²) in [6.07, 6.45) is 3.57. The summed E-state index contributed by atoms with van der Waals surface area (Å²) in [7, 11) is -0.311. The van der Waals surface area contributed by atoms with E-state index in [2.05, 4.69) is 75.4 Å². The fourth-order valence-corrected chi connectivity index (χ4v) is 4.98. The van der Waals surface area contributed by atoms with Crippen molar-refractivity contribution in [1.82, 2.24) is 0 Å². The van der Waals surface area contributed by atoms with Crippen molar-refractivity contribution >= 4 is 20.3 Å². The maximum atomic E-state index is 2.43. The predicted molar refractivity (Wildman–Crippen MR) is 95.8 cm³/mol. The molecule has 0 saturated heterocycles. The monoisotopic (exact) mass is 290 g/mol. The molecule has 0 aromatic heterocycles. The largest absolute Gasteiger partial charge is 0.0832 e. The first-order valence-corrected chi connectivity index (χ1v) is 9.06. The van der Waals surface area contributed by atoms with Gasteiger partial charge >= 0.3 is 0 Å². The Morgan fingerprint density at radius 2 is 1.52 bits per heavy atom. The minimum Gasteiger partial charge on any atom is -0.0754 e. The smallest absolute Gasteiger partial charge is 0.0754 e. The molecule has 2 aromatic carbocycles. The highest BCUT2D eigenvalue weighted by molar-refractivity contribution is 6.61. The lowest BCUT2D eigenvalue weighted by molar-refractivity contribution is 1.36. The van der Waals surface area contributed by atoms with Crippen LogP contribution < -0.4 is 5.19 Å². The van der Waals surface area contributed by atoms with E-state index in [1.165, 1.54) is 27.8 Å². The zero-order valence-corrected chi connectivity index (χ0v) is 14.5. The Morgan fingerprint density at radius 1 is 0.857 bits per heavy atom. The molecule has 0 nitrogen and oxygen atoms in total. The molecule has 2 aromatic rings. The molecular formula is C20H22Si. The van der Waals surface area contributed by atoms with Crippen molar-refractivity contribution in [3.8, 4) is 0 Å². The van der Waals surface area contributed by atoms with Gasteiger partial charge in [0.15, 0.2) is 0 Å². The third-order valence-electron chi connectivity index (χ3n) is 4.28.